The lowest BCUT2D eigenvalue weighted by Crippen LogP contribution is -2.37. The summed E-state index contributed by atoms with van der Waals surface area (Å²) < 4.78 is 25.9. The Balaban J connectivity index is 2.54. The van der Waals surface area contributed by atoms with Gasteiger partial charge in [-0.15, -0.1) is 11.6 Å². The lowest BCUT2D eigenvalue weighted by atomic mass is 10.2. The Kier molecular flexibility index (Phi) is 5.54. The lowest BCUT2D eigenvalue weighted by molar-refractivity contribution is 0.359. The summed E-state index contributed by atoms with van der Waals surface area (Å²) >= 11 is 5.56. The van der Waals surface area contributed by atoms with E-state index >= 15 is 0 Å². The van der Waals surface area contributed by atoms with Crippen LogP contribution in [0, 0.1) is 5.92 Å². The van der Waals surface area contributed by atoms with Crippen LogP contribution in [0.2, 0.25) is 0 Å². The molecule has 0 unspecified atom stereocenters. The van der Waals surface area contributed by atoms with Crippen LogP contribution >= 0.6 is 11.6 Å². The van der Waals surface area contributed by atoms with Crippen molar-refractivity contribution in [3.8, 4) is 0 Å². The van der Waals surface area contributed by atoms with Gasteiger partial charge in [0.2, 0.25) is 10.0 Å². The van der Waals surface area contributed by atoms with Crippen molar-refractivity contribution in [3.63, 3.8) is 0 Å². The highest BCUT2D eigenvalue weighted by Crippen LogP contribution is 2.30. The Hall–Kier alpha value is 0.200. The second kappa shape index (κ2) is 6.22. The van der Waals surface area contributed by atoms with Gasteiger partial charge in [-0.25, -0.2) is 8.42 Å². The van der Waals surface area contributed by atoms with Gasteiger partial charge in [0.05, 0.1) is 5.75 Å². The number of halogens is 1. The molecule has 1 saturated carbocycles. The topological polar surface area (TPSA) is 37.4 Å². The number of hydrogen-bond donors (Lipinski definition) is 0. The van der Waals surface area contributed by atoms with Gasteiger partial charge in [0.1, 0.15) is 0 Å². The van der Waals surface area contributed by atoms with Crippen LogP contribution in [0.15, 0.2) is 0 Å². The number of rotatable bonds is 8. The molecule has 0 aliphatic heterocycles. The van der Waals surface area contributed by atoms with Gasteiger partial charge in [0.25, 0.3) is 0 Å². The summed E-state index contributed by atoms with van der Waals surface area (Å²) in [5.41, 5.74) is 0. The van der Waals surface area contributed by atoms with Gasteiger partial charge in [0.15, 0.2) is 0 Å². The molecule has 0 aromatic heterocycles. The largest absolute Gasteiger partial charge is 0.214 e. The van der Waals surface area contributed by atoms with Crippen molar-refractivity contribution in [1.82, 2.24) is 4.31 Å². The van der Waals surface area contributed by atoms with Crippen molar-refractivity contribution in [2.75, 3.05) is 18.2 Å². The van der Waals surface area contributed by atoms with Gasteiger partial charge in [-0.05, 0) is 31.6 Å². The van der Waals surface area contributed by atoms with Crippen molar-refractivity contribution in [2.45, 2.75) is 45.6 Å². The molecule has 3 nitrogen and oxygen atoms in total. The number of alkyl halides is 1. The fourth-order valence-corrected chi connectivity index (χ4v) is 3.89. The van der Waals surface area contributed by atoms with Crippen molar-refractivity contribution in [3.05, 3.63) is 0 Å². The standard InChI is InChI=1S/C11H22ClNO2S/c1-10(2)9-13(11-5-6-11)16(14,15)8-4-3-7-12/h10-11H,3-9H2,1-2H3. The van der Waals surface area contributed by atoms with E-state index in [0.29, 0.717) is 24.8 Å². The molecule has 0 saturated heterocycles. The highest BCUT2D eigenvalue weighted by atomic mass is 35.5. The Bertz CT molecular complexity index is 299. The second-order valence-electron chi connectivity index (χ2n) is 4.91. The molecular formula is C11H22ClNO2S. The SMILES string of the molecule is CC(C)CN(C1CC1)S(=O)(=O)CCCCCl. The average molecular weight is 268 g/mol. The molecule has 1 aliphatic rings. The van der Waals surface area contributed by atoms with Crippen LogP contribution in [0.4, 0.5) is 0 Å². The zero-order valence-corrected chi connectivity index (χ0v) is 11.7. The third-order valence-corrected chi connectivity index (χ3v) is 4.88. The third-order valence-electron chi connectivity index (χ3n) is 2.64. The van der Waals surface area contributed by atoms with E-state index in [1.807, 2.05) is 0 Å². The molecule has 0 atom stereocenters. The van der Waals surface area contributed by atoms with Gasteiger partial charge >= 0.3 is 0 Å². The molecule has 1 fully saturated rings. The van der Waals surface area contributed by atoms with E-state index in [2.05, 4.69) is 13.8 Å². The van der Waals surface area contributed by atoms with Gasteiger partial charge in [-0.3, -0.25) is 0 Å². The highest BCUT2D eigenvalue weighted by Gasteiger charge is 2.36. The summed E-state index contributed by atoms with van der Waals surface area (Å²) in [5.74, 6) is 1.19. The summed E-state index contributed by atoms with van der Waals surface area (Å²) in [6.07, 6.45) is 3.51. The van der Waals surface area contributed by atoms with Crippen molar-refractivity contribution in [1.29, 1.82) is 0 Å². The molecular weight excluding hydrogens is 246 g/mol. The third kappa shape index (κ3) is 4.60. The van der Waals surface area contributed by atoms with Crippen LogP contribution in [-0.2, 0) is 10.0 Å². The summed E-state index contributed by atoms with van der Waals surface area (Å²) in [5, 5.41) is 0. The molecule has 0 aromatic carbocycles. The quantitative estimate of drug-likeness (QED) is 0.500. The van der Waals surface area contributed by atoms with Crippen molar-refractivity contribution >= 4 is 21.6 Å². The van der Waals surface area contributed by atoms with Crippen LogP contribution in [0.25, 0.3) is 0 Å². The van der Waals surface area contributed by atoms with Gasteiger partial charge < -0.3 is 0 Å². The maximum atomic E-state index is 12.1. The molecule has 0 amide bonds. The first-order valence-corrected chi connectivity index (χ1v) is 8.17. The fraction of sp³-hybridized carbons (Fsp3) is 1.00. The summed E-state index contributed by atoms with van der Waals surface area (Å²) in [6, 6.07) is 0.281. The van der Waals surface area contributed by atoms with Gasteiger partial charge in [0, 0.05) is 18.5 Å². The van der Waals surface area contributed by atoms with E-state index in [0.717, 1.165) is 19.3 Å². The first-order valence-electron chi connectivity index (χ1n) is 6.03. The molecule has 0 bridgehead atoms. The van der Waals surface area contributed by atoms with Crippen LogP contribution in [-0.4, -0.2) is 36.9 Å². The van der Waals surface area contributed by atoms with E-state index in [1.165, 1.54) is 0 Å². The van der Waals surface area contributed by atoms with Crippen LogP contribution < -0.4 is 0 Å². The fourth-order valence-electron chi connectivity index (χ4n) is 1.71. The molecule has 0 N–H and O–H groups in total. The normalized spacial score (nSPS) is 17.3. The van der Waals surface area contributed by atoms with Crippen LogP contribution in [0.3, 0.4) is 0 Å². The maximum absolute atomic E-state index is 12.1. The monoisotopic (exact) mass is 267 g/mol. The minimum absolute atomic E-state index is 0.253. The van der Waals surface area contributed by atoms with E-state index in [-0.39, 0.29) is 11.8 Å². The second-order valence-corrected chi connectivity index (χ2v) is 7.33. The number of unbranched alkanes of at least 4 members (excludes halogenated alkanes) is 1. The zero-order chi connectivity index (χ0) is 12.2. The van der Waals surface area contributed by atoms with Crippen molar-refractivity contribution in [2.24, 2.45) is 5.92 Å². The predicted octanol–water partition coefficient (Wildman–Crippen LogP) is 2.46. The number of nitrogens with zero attached hydrogens (tertiary/aromatic N) is 1. The van der Waals surface area contributed by atoms with Crippen LogP contribution in [0.1, 0.15) is 39.5 Å². The van der Waals surface area contributed by atoms with Crippen LogP contribution in [0.5, 0.6) is 0 Å². The van der Waals surface area contributed by atoms with E-state index < -0.39 is 10.0 Å². The average Bonchev–Trinajstić information content (AvgIpc) is 2.97. The summed E-state index contributed by atoms with van der Waals surface area (Å²) in [6.45, 7) is 4.78. The Morgan fingerprint density at radius 1 is 1.31 bits per heavy atom. The number of sulfonamides is 1. The van der Waals surface area contributed by atoms with E-state index in [4.69, 9.17) is 11.6 Å². The molecule has 96 valence electrons. The Morgan fingerprint density at radius 3 is 2.38 bits per heavy atom. The van der Waals surface area contributed by atoms with Gasteiger partial charge in [-0.2, -0.15) is 4.31 Å². The minimum Gasteiger partial charge on any atom is -0.212 e. The first-order chi connectivity index (χ1) is 7.47. The minimum atomic E-state index is -3.05. The Morgan fingerprint density at radius 2 is 1.94 bits per heavy atom. The van der Waals surface area contributed by atoms with E-state index in [9.17, 15) is 8.42 Å². The van der Waals surface area contributed by atoms with Crippen molar-refractivity contribution < 1.29 is 8.42 Å². The molecule has 1 aliphatic carbocycles. The zero-order valence-electron chi connectivity index (χ0n) is 10.2. The molecule has 0 aromatic rings. The van der Waals surface area contributed by atoms with E-state index in [1.54, 1.807) is 4.31 Å². The lowest BCUT2D eigenvalue weighted by Gasteiger charge is -2.23. The maximum Gasteiger partial charge on any atom is 0.214 e. The highest BCUT2D eigenvalue weighted by molar-refractivity contribution is 7.89. The molecule has 0 heterocycles. The molecule has 0 radical (unpaired) electrons. The summed E-state index contributed by atoms with van der Waals surface area (Å²) in [4.78, 5) is 0. The predicted molar refractivity (Wildman–Crippen MR) is 68.3 cm³/mol. The Labute approximate surface area is 104 Å². The summed E-state index contributed by atoms with van der Waals surface area (Å²) in [7, 11) is -3.05. The molecule has 16 heavy (non-hydrogen) atoms. The van der Waals surface area contributed by atoms with Gasteiger partial charge in [-0.1, -0.05) is 13.8 Å². The number of hydrogen-bond acceptors (Lipinski definition) is 2. The molecule has 0 spiro atoms. The first kappa shape index (κ1) is 14.3. The smallest absolute Gasteiger partial charge is 0.212 e. The molecule has 1 rings (SSSR count). The molecule has 5 heteroatoms.